The van der Waals surface area contributed by atoms with Crippen LogP contribution in [0.15, 0.2) is 12.1 Å². The van der Waals surface area contributed by atoms with Gasteiger partial charge in [0, 0.05) is 11.1 Å². The summed E-state index contributed by atoms with van der Waals surface area (Å²) in [6.45, 7) is 8.63. The number of anilines is 1. The van der Waals surface area contributed by atoms with Gasteiger partial charge in [-0.1, -0.05) is 11.6 Å². The third-order valence-corrected chi connectivity index (χ3v) is 3.27. The number of alkyl carbamates (subject to hydrolysis) is 1. The Morgan fingerprint density at radius 2 is 1.87 bits per heavy atom. The molecule has 0 aliphatic rings. The van der Waals surface area contributed by atoms with Crippen LogP contribution >= 0.6 is 11.6 Å². The Labute approximate surface area is 141 Å². The predicted octanol–water partition coefficient (Wildman–Crippen LogP) is 3.51. The van der Waals surface area contributed by atoms with E-state index in [4.69, 9.17) is 21.1 Å². The molecule has 0 spiro atoms. The molecule has 1 rings (SSSR count). The van der Waals surface area contributed by atoms with Crippen LogP contribution in [-0.2, 0) is 9.53 Å². The zero-order chi connectivity index (χ0) is 17.8. The van der Waals surface area contributed by atoms with Crippen molar-refractivity contribution in [3.05, 3.63) is 22.7 Å². The van der Waals surface area contributed by atoms with Gasteiger partial charge in [-0.05, 0) is 46.2 Å². The monoisotopic (exact) mass is 342 g/mol. The van der Waals surface area contributed by atoms with Crippen LogP contribution in [-0.4, -0.2) is 30.8 Å². The highest BCUT2D eigenvalue weighted by atomic mass is 35.5. The summed E-state index contributed by atoms with van der Waals surface area (Å²) in [5.41, 5.74) is 0.657. The highest BCUT2D eigenvalue weighted by Gasteiger charge is 2.22. The van der Waals surface area contributed by atoms with Gasteiger partial charge in [0.15, 0.2) is 0 Å². The van der Waals surface area contributed by atoms with Crippen LogP contribution in [0.1, 0.15) is 33.3 Å². The lowest BCUT2D eigenvalue weighted by Crippen LogP contribution is -2.44. The minimum atomic E-state index is -0.773. The van der Waals surface area contributed by atoms with E-state index in [1.807, 2.05) is 6.92 Å². The fourth-order valence-corrected chi connectivity index (χ4v) is 1.87. The summed E-state index contributed by atoms with van der Waals surface area (Å²) in [7, 11) is 1.49. The van der Waals surface area contributed by atoms with E-state index in [0.29, 0.717) is 16.5 Å². The van der Waals surface area contributed by atoms with Crippen LogP contribution in [0.5, 0.6) is 5.75 Å². The lowest BCUT2D eigenvalue weighted by Gasteiger charge is -2.22. The number of carbonyl (C=O) groups excluding carboxylic acids is 2. The first kappa shape index (κ1) is 19.1. The van der Waals surface area contributed by atoms with Crippen LogP contribution in [0.3, 0.4) is 0 Å². The lowest BCUT2D eigenvalue weighted by molar-refractivity contribution is -0.117. The van der Waals surface area contributed by atoms with Crippen molar-refractivity contribution >= 4 is 29.3 Å². The number of ether oxygens (including phenoxy) is 2. The number of amides is 2. The van der Waals surface area contributed by atoms with Crippen molar-refractivity contribution in [3.63, 3.8) is 0 Å². The molecular formula is C16H23ClN2O4. The number of benzene rings is 1. The van der Waals surface area contributed by atoms with Gasteiger partial charge in [-0.3, -0.25) is 4.79 Å². The van der Waals surface area contributed by atoms with Gasteiger partial charge in [0.1, 0.15) is 17.4 Å². The van der Waals surface area contributed by atoms with Gasteiger partial charge in [0.05, 0.1) is 12.8 Å². The van der Waals surface area contributed by atoms with Crippen LogP contribution in [0, 0.1) is 6.92 Å². The van der Waals surface area contributed by atoms with Gasteiger partial charge in [0.2, 0.25) is 5.91 Å². The molecule has 2 N–H and O–H groups in total. The van der Waals surface area contributed by atoms with Gasteiger partial charge in [0.25, 0.3) is 0 Å². The second kappa shape index (κ2) is 7.55. The van der Waals surface area contributed by atoms with E-state index in [9.17, 15) is 9.59 Å². The topological polar surface area (TPSA) is 76.7 Å². The molecule has 7 heteroatoms. The summed E-state index contributed by atoms with van der Waals surface area (Å²) < 4.78 is 10.3. The standard InChI is InChI=1S/C16H23ClN2O4/c1-9-7-12(13(22-6)8-11(9)17)19-14(20)10(2)18-15(21)23-16(3,4)5/h7-8,10H,1-6H3,(H,18,21)(H,19,20). The summed E-state index contributed by atoms with van der Waals surface area (Å²) in [6, 6.07) is 2.56. The highest BCUT2D eigenvalue weighted by Crippen LogP contribution is 2.30. The van der Waals surface area contributed by atoms with Gasteiger partial charge >= 0.3 is 6.09 Å². The van der Waals surface area contributed by atoms with Gasteiger partial charge < -0.3 is 20.1 Å². The highest BCUT2D eigenvalue weighted by molar-refractivity contribution is 6.31. The first-order valence-electron chi connectivity index (χ1n) is 7.18. The molecule has 1 unspecified atom stereocenters. The predicted molar refractivity (Wildman–Crippen MR) is 90.2 cm³/mol. The normalized spacial score (nSPS) is 12.3. The first-order valence-corrected chi connectivity index (χ1v) is 7.56. The third kappa shape index (κ3) is 5.98. The number of hydrogen-bond donors (Lipinski definition) is 2. The fraction of sp³-hybridized carbons (Fsp3) is 0.500. The van der Waals surface area contributed by atoms with Crippen LogP contribution in [0.4, 0.5) is 10.5 Å². The molecule has 6 nitrogen and oxygen atoms in total. The molecule has 2 amide bonds. The van der Waals surface area contributed by atoms with Crippen molar-refractivity contribution in [1.29, 1.82) is 0 Å². The van der Waals surface area contributed by atoms with Crippen molar-refractivity contribution in [2.24, 2.45) is 0 Å². The Morgan fingerprint density at radius 3 is 2.39 bits per heavy atom. The molecule has 23 heavy (non-hydrogen) atoms. The number of aryl methyl sites for hydroxylation is 1. The van der Waals surface area contributed by atoms with Crippen molar-refractivity contribution in [3.8, 4) is 5.75 Å². The second-order valence-electron chi connectivity index (χ2n) is 6.16. The smallest absolute Gasteiger partial charge is 0.408 e. The molecule has 0 aliphatic carbocycles. The maximum Gasteiger partial charge on any atom is 0.408 e. The Morgan fingerprint density at radius 1 is 1.26 bits per heavy atom. The van der Waals surface area contributed by atoms with Crippen LogP contribution in [0.25, 0.3) is 0 Å². The molecule has 1 atom stereocenters. The molecule has 0 fully saturated rings. The van der Waals surface area contributed by atoms with E-state index in [-0.39, 0.29) is 0 Å². The fourth-order valence-electron chi connectivity index (χ4n) is 1.72. The van der Waals surface area contributed by atoms with E-state index in [1.165, 1.54) is 7.11 Å². The minimum absolute atomic E-state index is 0.393. The molecule has 128 valence electrons. The van der Waals surface area contributed by atoms with Crippen molar-refractivity contribution in [2.75, 3.05) is 12.4 Å². The Bertz CT molecular complexity index is 596. The first-order chi connectivity index (χ1) is 10.5. The van der Waals surface area contributed by atoms with Gasteiger partial charge in [-0.25, -0.2) is 4.79 Å². The average molecular weight is 343 g/mol. The third-order valence-electron chi connectivity index (χ3n) is 2.87. The molecule has 0 saturated carbocycles. The molecule has 0 heterocycles. The van der Waals surface area contributed by atoms with E-state index in [2.05, 4.69) is 10.6 Å². The summed E-state index contributed by atoms with van der Waals surface area (Å²) in [6.07, 6.45) is -0.653. The zero-order valence-corrected chi connectivity index (χ0v) is 15.0. The van der Waals surface area contributed by atoms with Gasteiger partial charge in [-0.2, -0.15) is 0 Å². The quantitative estimate of drug-likeness (QED) is 0.877. The number of rotatable bonds is 4. The van der Waals surface area contributed by atoms with Crippen molar-refractivity contribution in [2.45, 2.75) is 46.3 Å². The summed E-state index contributed by atoms with van der Waals surface area (Å²) >= 11 is 6.03. The second-order valence-corrected chi connectivity index (χ2v) is 6.57. The number of halogens is 1. The molecule has 1 aromatic rings. The number of methoxy groups -OCH3 is 1. The van der Waals surface area contributed by atoms with E-state index >= 15 is 0 Å². The summed E-state index contributed by atoms with van der Waals surface area (Å²) in [5.74, 6) is 0.0503. The summed E-state index contributed by atoms with van der Waals surface area (Å²) in [4.78, 5) is 23.9. The number of nitrogens with one attached hydrogen (secondary N) is 2. The van der Waals surface area contributed by atoms with E-state index in [0.717, 1.165) is 5.56 Å². The van der Waals surface area contributed by atoms with Crippen LogP contribution < -0.4 is 15.4 Å². The lowest BCUT2D eigenvalue weighted by atomic mass is 10.2. The van der Waals surface area contributed by atoms with Gasteiger partial charge in [-0.15, -0.1) is 0 Å². The van der Waals surface area contributed by atoms with Crippen LogP contribution in [0.2, 0.25) is 5.02 Å². The van der Waals surface area contributed by atoms with Crippen molar-refractivity contribution in [1.82, 2.24) is 5.32 Å². The molecule has 0 aromatic heterocycles. The van der Waals surface area contributed by atoms with Crippen molar-refractivity contribution < 1.29 is 19.1 Å². The maximum absolute atomic E-state index is 12.2. The average Bonchev–Trinajstić information content (AvgIpc) is 2.40. The maximum atomic E-state index is 12.2. The minimum Gasteiger partial charge on any atom is -0.495 e. The van der Waals surface area contributed by atoms with E-state index in [1.54, 1.807) is 39.8 Å². The molecular weight excluding hydrogens is 320 g/mol. The SMILES string of the molecule is COc1cc(Cl)c(C)cc1NC(=O)C(C)NC(=O)OC(C)(C)C. The molecule has 1 aromatic carbocycles. The summed E-state index contributed by atoms with van der Waals surface area (Å²) in [5, 5.41) is 5.73. The Balaban J connectivity index is 2.76. The zero-order valence-electron chi connectivity index (χ0n) is 14.2. The molecule has 0 aliphatic heterocycles. The number of carbonyl (C=O) groups is 2. The largest absolute Gasteiger partial charge is 0.495 e. The number of hydrogen-bond acceptors (Lipinski definition) is 4. The molecule has 0 radical (unpaired) electrons. The van der Waals surface area contributed by atoms with E-state index < -0.39 is 23.6 Å². The molecule has 0 bridgehead atoms. The Hall–Kier alpha value is -1.95. The Kier molecular flexibility index (Phi) is 6.27. The molecule has 0 saturated heterocycles.